The number of sulfone groups is 1. The molecule has 0 aromatic heterocycles. The lowest BCUT2D eigenvalue weighted by atomic mass is 9.75. The van der Waals surface area contributed by atoms with Gasteiger partial charge in [0, 0.05) is 38.3 Å². The van der Waals surface area contributed by atoms with E-state index in [4.69, 9.17) is 33.2 Å². The zero-order valence-electron chi connectivity index (χ0n) is 42.3. The van der Waals surface area contributed by atoms with Gasteiger partial charge >= 0.3 is 5.97 Å². The average Bonchev–Trinajstić information content (AvgIpc) is 3.23. The summed E-state index contributed by atoms with van der Waals surface area (Å²) < 4.78 is 71.2. The highest BCUT2D eigenvalue weighted by Crippen LogP contribution is 2.43. The summed E-state index contributed by atoms with van der Waals surface area (Å²) in [6, 6.07) is 5.30. The largest absolute Gasteiger partial charge is 0.483 e. The maximum absolute atomic E-state index is 14.6. The molecule has 1 aromatic carbocycles. The number of carbonyl (C=O) groups is 1. The van der Waals surface area contributed by atoms with Crippen LogP contribution >= 0.6 is 0 Å². The van der Waals surface area contributed by atoms with Crippen LogP contribution in [-0.4, -0.2) is 177 Å². The molecule has 0 saturated carbocycles. The molecule has 3 heterocycles. The lowest BCUT2D eigenvalue weighted by Gasteiger charge is -2.53. The summed E-state index contributed by atoms with van der Waals surface area (Å²) >= 11 is 0. The molecule has 3 saturated heterocycles. The smallest absolute Gasteiger partial charge is 0.311 e. The zero-order chi connectivity index (χ0) is 49.7. The van der Waals surface area contributed by atoms with Crippen molar-refractivity contribution in [2.24, 2.45) is 17.8 Å². The number of carbonyl (C=O) groups excluding carboxylic acids is 1. The van der Waals surface area contributed by atoms with Crippen molar-refractivity contribution in [2.45, 2.75) is 203 Å². The molecule has 10 unspecified atom stereocenters. The average molecular weight is 960 g/mol. The summed E-state index contributed by atoms with van der Waals surface area (Å²) in [5.74, 6) is -2.60. The second kappa shape index (κ2) is 22.8. The van der Waals surface area contributed by atoms with Gasteiger partial charge in [-0.05, 0) is 125 Å². The number of rotatable bonds is 14. The Morgan fingerprint density at radius 3 is 2.23 bits per heavy atom. The van der Waals surface area contributed by atoms with Crippen LogP contribution in [0.15, 0.2) is 29.2 Å². The van der Waals surface area contributed by atoms with Crippen LogP contribution in [0.2, 0.25) is 0 Å². The third kappa shape index (κ3) is 13.0. The minimum atomic E-state index is -3.57. The van der Waals surface area contributed by atoms with Gasteiger partial charge in [-0.15, -0.1) is 0 Å². The molecule has 66 heavy (non-hydrogen) atoms. The van der Waals surface area contributed by atoms with E-state index in [1.807, 2.05) is 46.7 Å². The number of nitrogens with zero attached hydrogens (tertiary/aromatic N) is 1. The highest BCUT2D eigenvalue weighted by atomic mass is 32.2. The number of esters is 1. The first-order valence-corrected chi connectivity index (χ1v) is 25.8. The van der Waals surface area contributed by atoms with Gasteiger partial charge in [0.15, 0.2) is 28.5 Å². The topological polar surface area (TPSA) is 224 Å². The molecule has 18 heteroatoms. The summed E-state index contributed by atoms with van der Waals surface area (Å²) in [4.78, 5) is 16.7. The van der Waals surface area contributed by atoms with Crippen molar-refractivity contribution in [3.8, 4) is 5.75 Å². The molecule has 6 N–H and O–H groups in total. The van der Waals surface area contributed by atoms with E-state index in [2.05, 4.69) is 10.6 Å². The van der Waals surface area contributed by atoms with Gasteiger partial charge < -0.3 is 69.1 Å². The van der Waals surface area contributed by atoms with E-state index in [1.165, 1.54) is 26.2 Å². The number of aliphatic hydroxyl groups excluding tert-OH is 1. The lowest BCUT2D eigenvalue weighted by molar-refractivity contribution is -0.335. The van der Waals surface area contributed by atoms with Gasteiger partial charge in [0.1, 0.15) is 34.8 Å². The fraction of sp³-hybridized carbons (Fsp3) is 0.854. The van der Waals surface area contributed by atoms with Gasteiger partial charge in [0.2, 0.25) is 0 Å². The molecule has 0 spiro atoms. The van der Waals surface area contributed by atoms with Crippen LogP contribution in [0.25, 0.3) is 0 Å². The van der Waals surface area contributed by atoms with E-state index in [0.717, 1.165) is 12.7 Å². The van der Waals surface area contributed by atoms with E-state index in [1.54, 1.807) is 53.7 Å². The van der Waals surface area contributed by atoms with Crippen molar-refractivity contribution in [1.82, 2.24) is 15.5 Å². The van der Waals surface area contributed by atoms with Crippen molar-refractivity contribution in [3.05, 3.63) is 24.3 Å². The first-order valence-electron chi connectivity index (χ1n) is 23.9. The molecule has 1 aromatic rings. The van der Waals surface area contributed by atoms with Gasteiger partial charge in [-0.1, -0.05) is 33.8 Å². The molecule has 17 nitrogen and oxygen atoms in total. The maximum Gasteiger partial charge on any atom is 0.311 e. The molecule has 4 rings (SSSR count). The number of methoxy groups -OCH3 is 1. The highest BCUT2D eigenvalue weighted by molar-refractivity contribution is 7.90. The molecule has 0 bridgehead atoms. The number of ether oxygens (including phenoxy) is 7. The molecule has 0 amide bonds. The summed E-state index contributed by atoms with van der Waals surface area (Å²) in [6.45, 7) is 20.7. The van der Waals surface area contributed by atoms with Crippen molar-refractivity contribution in [3.63, 3.8) is 0 Å². The Balaban J connectivity index is 1.88. The van der Waals surface area contributed by atoms with E-state index in [0.29, 0.717) is 19.5 Å². The molecule has 0 radical (unpaired) electrons. The predicted octanol–water partition coefficient (Wildman–Crippen LogP) is 3.42. The third-order valence-corrected chi connectivity index (χ3v) is 15.6. The van der Waals surface area contributed by atoms with Gasteiger partial charge in [0.05, 0.1) is 46.9 Å². The lowest BCUT2D eigenvalue weighted by Crippen LogP contribution is -2.70. The molecule has 18 atom stereocenters. The van der Waals surface area contributed by atoms with Crippen LogP contribution in [0.3, 0.4) is 0 Å². The van der Waals surface area contributed by atoms with Crippen molar-refractivity contribution >= 4 is 15.8 Å². The Morgan fingerprint density at radius 2 is 1.64 bits per heavy atom. The van der Waals surface area contributed by atoms with E-state index in [-0.39, 0.29) is 54.5 Å². The van der Waals surface area contributed by atoms with E-state index >= 15 is 0 Å². The van der Waals surface area contributed by atoms with Crippen LogP contribution in [0.1, 0.15) is 108 Å². The molecule has 3 fully saturated rings. The number of nitrogens with one attached hydrogen (secondary N) is 2. The fourth-order valence-corrected chi connectivity index (χ4v) is 10.9. The maximum atomic E-state index is 14.6. The molecule has 382 valence electrons. The molecular weight excluding hydrogens is 875 g/mol. The van der Waals surface area contributed by atoms with Crippen LogP contribution in [0.4, 0.5) is 0 Å². The number of hydrogen-bond acceptors (Lipinski definition) is 17. The Hall–Kier alpha value is -2.04. The number of benzene rings is 1. The Labute approximate surface area is 394 Å². The third-order valence-electron chi connectivity index (χ3n) is 14.5. The van der Waals surface area contributed by atoms with Crippen molar-refractivity contribution in [1.29, 1.82) is 0 Å². The standard InChI is InChI=1S/C48H85N3O14S/c1-16-21-49-27-48(56)33(8)61-38(25-46(48,10)59-14)64-39-30(5)42(45(9,54)24-28(3)26-50-32(7)41(52)47(11,55)37(17-2)63-43(53)31(39)6)65-44-40(36(51(12)13)22-29(4)60-44)62-34-19-18-20-35(23-34)66(15,57)58/h18-20,23,28-33,36-42,44,49-50,52,54-56H,16-17,21-22,24-27H2,1-15H3/t28?,29-,30?,31?,32?,33+,36+,37?,38+,39?,40-,41?,42?,44+,45?,46-,47?,48+/m1/s1. The van der Waals surface area contributed by atoms with Gasteiger partial charge in [0.25, 0.3) is 0 Å². The van der Waals surface area contributed by atoms with Gasteiger partial charge in [-0.3, -0.25) is 4.79 Å². The van der Waals surface area contributed by atoms with E-state index < -0.39 is 105 Å². The molecule has 3 aliphatic rings. The summed E-state index contributed by atoms with van der Waals surface area (Å²) in [5.41, 5.74) is -6.17. The van der Waals surface area contributed by atoms with Crippen molar-refractivity contribution < 1.29 is 66.8 Å². The summed E-state index contributed by atoms with van der Waals surface area (Å²) in [6.07, 6.45) is -5.95. The van der Waals surface area contributed by atoms with Crippen LogP contribution in [0, 0.1) is 17.8 Å². The Morgan fingerprint density at radius 1 is 0.970 bits per heavy atom. The van der Waals surface area contributed by atoms with Crippen molar-refractivity contribution in [2.75, 3.05) is 47.1 Å². The highest BCUT2D eigenvalue weighted by Gasteiger charge is 2.58. The molecule has 0 aliphatic carbocycles. The number of likely N-dealkylation sites (N-methyl/N-ethyl adjacent to an activating group) is 1. The minimum absolute atomic E-state index is 0.0559. The second-order valence-electron chi connectivity index (χ2n) is 20.5. The summed E-state index contributed by atoms with van der Waals surface area (Å²) in [7, 11) is 1.78. The predicted molar refractivity (Wildman–Crippen MR) is 250 cm³/mol. The van der Waals surface area contributed by atoms with Crippen LogP contribution in [0.5, 0.6) is 5.75 Å². The van der Waals surface area contributed by atoms with Crippen LogP contribution in [-0.2, 0) is 43.1 Å². The normalized spacial score (nSPS) is 42.6. The minimum Gasteiger partial charge on any atom is -0.483 e. The van der Waals surface area contributed by atoms with E-state index in [9.17, 15) is 33.6 Å². The first-order chi connectivity index (χ1) is 30.6. The van der Waals surface area contributed by atoms with Gasteiger partial charge in [-0.25, -0.2) is 8.42 Å². The number of cyclic esters (lactones) is 1. The molecule has 3 aliphatic heterocycles. The first kappa shape index (κ1) is 56.5. The summed E-state index contributed by atoms with van der Waals surface area (Å²) in [5, 5.41) is 55.0. The second-order valence-corrected chi connectivity index (χ2v) is 22.5. The monoisotopic (exact) mass is 960 g/mol. The number of hydrogen-bond donors (Lipinski definition) is 6. The van der Waals surface area contributed by atoms with Gasteiger partial charge in [-0.2, -0.15) is 0 Å². The zero-order valence-corrected chi connectivity index (χ0v) is 43.1. The molecular formula is C48H85N3O14S. The Bertz CT molecular complexity index is 1820. The number of aliphatic hydroxyl groups is 4. The van der Waals surface area contributed by atoms with Crippen LogP contribution < -0.4 is 15.4 Å². The quantitative estimate of drug-likeness (QED) is 0.116. The SMILES string of the molecule is CCCNC[C@]1(O)[C@H](C)O[C@@H](OC2C(C)C(=O)OC(CC)C(C)(O)C(O)C(C)NCC(C)CC(C)(O)C(O[C@@H]3O[C@H](C)C[C@H](N(C)C)[C@H]3Oc3cccc(S(C)(=O)=O)c3)C2C)C[C@@]1(C)OC. The fourth-order valence-electron chi connectivity index (χ4n) is 10.3. The Kier molecular flexibility index (Phi) is 19.5.